The largest absolute Gasteiger partial charge is 0.464 e. The van der Waals surface area contributed by atoms with Crippen LogP contribution in [-0.4, -0.2) is 99.2 Å². The number of hydrogen-bond acceptors (Lipinski definition) is 11. The van der Waals surface area contributed by atoms with Gasteiger partial charge in [-0.05, 0) is 25.0 Å². The lowest BCUT2D eigenvalue weighted by Gasteiger charge is -2.42. The molecule has 0 amide bonds. The predicted octanol–water partition coefficient (Wildman–Crippen LogP) is -0.489. The normalized spacial score (nSPS) is 16.3. The zero-order valence-corrected chi connectivity index (χ0v) is 24.4. The number of alkyl halides is 2. The van der Waals surface area contributed by atoms with E-state index in [0.29, 0.717) is 0 Å². The lowest BCUT2D eigenvalue weighted by Crippen LogP contribution is -2.59. The molecule has 222 valence electrons. The molecule has 2 aromatic heterocycles. The number of para-hydroxylation sites is 1. The Morgan fingerprint density at radius 2 is 1.84 bits per heavy atom. The monoisotopic (exact) mass is 612 g/mol. The number of nitrogens with two attached hydrogens (primary N) is 1. The number of aromatic nitrogens is 4. The van der Waals surface area contributed by atoms with Crippen molar-refractivity contribution in [2.75, 3.05) is 25.6 Å². The molecule has 13 nitrogen and oxygen atoms in total. The number of fused-ring (bicyclic) bond motifs is 1. The van der Waals surface area contributed by atoms with Crippen LogP contribution >= 0.6 is 7.75 Å². The first-order chi connectivity index (χ1) is 20.0. The number of anilines is 1. The predicted molar refractivity (Wildman–Crippen MR) is 156 cm³/mol. The average molecular weight is 612 g/mol. The summed E-state index contributed by atoms with van der Waals surface area (Å²) in [5.74, 6) is -5.02. The molecule has 0 aliphatic carbocycles. The van der Waals surface area contributed by atoms with Crippen molar-refractivity contribution >= 4 is 73.5 Å². The fraction of sp³-hybridized carbons (Fsp3) is 0.478. The number of rotatable bonds is 15. The zero-order chi connectivity index (χ0) is 32.2. The van der Waals surface area contributed by atoms with Crippen molar-refractivity contribution in [3.05, 3.63) is 30.3 Å². The zero-order valence-electron chi connectivity index (χ0n) is 23.5. The third kappa shape index (κ3) is 8.15. The molecule has 3 unspecified atom stereocenters. The van der Waals surface area contributed by atoms with Gasteiger partial charge in [0.1, 0.15) is 54.1 Å². The van der Waals surface area contributed by atoms with Crippen LogP contribution in [-0.2, 0) is 23.4 Å². The maximum absolute atomic E-state index is 16.3. The number of nitrogens with one attached hydrogen (secondary N) is 1. The fourth-order valence-corrected chi connectivity index (χ4v) is 5.21. The molecule has 0 saturated heterocycles. The number of carbonyl (C=O) groups is 1. The number of nitrogen functional groups attached to an aromatic ring is 1. The highest BCUT2D eigenvalue weighted by Gasteiger charge is 2.53. The second-order valence-corrected chi connectivity index (χ2v) is 11.4. The standard InChI is InChI=1S/C23H27B4F2N6O7P/c1-12(2)10-39-19(37)13(3)34-43(38,41-14-7-5-4-6-8-14)42-23(26,27)22(29,11-36)40-15(9-28)35-18-16(31-20(35)25)17(24)32-21(30)33-18/h4-8,12-13,15,36H,9-11H2,1-3H3,(H,34,38)(H2,30,32,33)/t13?,15?,22-,43?/m0/s1. The van der Waals surface area contributed by atoms with Gasteiger partial charge in [0.15, 0.2) is 19.7 Å². The lowest BCUT2D eigenvalue weighted by molar-refractivity contribution is -0.255. The van der Waals surface area contributed by atoms with Gasteiger partial charge in [0.05, 0.1) is 17.7 Å². The summed E-state index contributed by atoms with van der Waals surface area (Å²) in [6.45, 7) is 1.71. The van der Waals surface area contributed by atoms with Crippen LogP contribution in [0.2, 0.25) is 0 Å². The number of ether oxygens (including phenoxy) is 2. The van der Waals surface area contributed by atoms with E-state index >= 15 is 4.39 Å². The first-order valence-corrected chi connectivity index (χ1v) is 14.3. The van der Waals surface area contributed by atoms with E-state index in [-0.39, 0.29) is 41.0 Å². The topological polar surface area (TPSA) is 173 Å². The third-order valence-corrected chi connectivity index (χ3v) is 7.34. The summed E-state index contributed by atoms with van der Waals surface area (Å²) in [5, 5.41) is 8.93. The SMILES string of the molecule is [B]c1nc(N)nc2c1nc([B])n2C(CF)O[C@@](F)(CO)C([B])([B])OP(=O)(NC(C)C(=O)OCC(C)C)Oc1ccccc1. The number of carbonyl (C=O) groups excluding carboxylic acids is 1. The highest BCUT2D eigenvalue weighted by molar-refractivity contribution is 7.52. The van der Waals surface area contributed by atoms with E-state index < -0.39 is 56.2 Å². The van der Waals surface area contributed by atoms with Gasteiger partial charge in [-0.15, -0.1) is 0 Å². The second kappa shape index (κ2) is 13.8. The van der Waals surface area contributed by atoms with Gasteiger partial charge in [0.2, 0.25) is 11.8 Å². The molecule has 0 bridgehead atoms. The summed E-state index contributed by atoms with van der Waals surface area (Å²) >= 11 is 0. The Hall–Kier alpha value is -2.97. The quantitative estimate of drug-likeness (QED) is 0.115. The van der Waals surface area contributed by atoms with Crippen LogP contribution < -0.4 is 26.7 Å². The summed E-state index contributed by atoms with van der Waals surface area (Å²) in [5.41, 5.74) is 4.57. The van der Waals surface area contributed by atoms with Gasteiger partial charge < -0.3 is 24.8 Å². The van der Waals surface area contributed by atoms with Crippen LogP contribution in [0.25, 0.3) is 11.2 Å². The van der Waals surface area contributed by atoms with Crippen molar-refractivity contribution in [1.82, 2.24) is 24.6 Å². The van der Waals surface area contributed by atoms with Crippen LogP contribution in [0.4, 0.5) is 14.7 Å². The minimum absolute atomic E-state index is 0.0150. The van der Waals surface area contributed by atoms with Gasteiger partial charge in [-0.25, -0.2) is 23.3 Å². The fourth-order valence-electron chi connectivity index (χ4n) is 3.56. The van der Waals surface area contributed by atoms with E-state index in [1.54, 1.807) is 19.9 Å². The highest BCUT2D eigenvalue weighted by atomic mass is 31.2. The molecule has 20 heteroatoms. The maximum Gasteiger partial charge on any atom is 0.458 e. The molecular formula is C23H27B4F2N6O7P. The summed E-state index contributed by atoms with van der Waals surface area (Å²) in [6, 6.07) is 6.02. The Balaban J connectivity index is 1.96. The molecule has 0 saturated carbocycles. The van der Waals surface area contributed by atoms with Gasteiger partial charge in [-0.2, -0.15) is 10.1 Å². The Kier molecular flexibility index (Phi) is 11.1. The molecule has 0 fully saturated rings. The van der Waals surface area contributed by atoms with E-state index in [1.807, 2.05) is 0 Å². The van der Waals surface area contributed by atoms with E-state index in [4.69, 9.17) is 55.6 Å². The molecule has 3 rings (SSSR count). The average Bonchev–Trinajstić information content (AvgIpc) is 3.25. The number of esters is 1. The molecule has 4 N–H and O–H groups in total. The first-order valence-electron chi connectivity index (χ1n) is 12.7. The van der Waals surface area contributed by atoms with Crippen LogP contribution in [0, 0.1) is 5.92 Å². The number of aliphatic hydroxyl groups excluding tert-OH is 1. The van der Waals surface area contributed by atoms with Crippen LogP contribution in [0.15, 0.2) is 30.3 Å². The summed E-state index contributed by atoms with van der Waals surface area (Å²) < 4.78 is 66.3. The maximum atomic E-state index is 16.3. The van der Waals surface area contributed by atoms with Crippen molar-refractivity contribution in [3.8, 4) is 5.75 Å². The third-order valence-electron chi connectivity index (χ3n) is 5.65. The Labute approximate surface area is 251 Å². The molecule has 1 aromatic carbocycles. The molecule has 4 atom stereocenters. The molecule has 2 heterocycles. The van der Waals surface area contributed by atoms with Crippen molar-refractivity contribution < 1.29 is 41.8 Å². The molecular weight excluding hydrogens is 585 g/mol. The van der Waals surface area contributed by atoms with Gasteiger partial charge in [-0.1, -0.05) is 32.0 Å². The van der Waals surface area contributed by atoms with Crippen LogP contribution in [0.3, 0.4) is 0 Å². The van der Waals surface area contributed by atoms with Gasteiger partial charge in [0.25, 0.3) is 0 Å². The number of nitrogens with zero attached hydrogens (tertiary/aromatic N) is 4. The lowest BCUT2D eigenvalue weighted by atomic mass is 9.61. The van der Waals surface area contributed by atoms with E-state index in [1.165, 1.54) is 31.2 Å². The second-order valence-electron chi connectivity index (χ2n) is 9.75. The number of imidazole rings is 1. The summed E-state index contributed by atoms with van der Waals surface area (Å²) in [4.78, 5) is 24.0. The van der Waals surface area contributed by atoms with Crippen molar-refractivity contribution in [1.29, 1.82) is 0 Å². The van der Waals surface area contributed by atoms with Gasteiger partial charge >= 0.3 is 13.7 Å². The molecule has 0 aliphatic rings. The molecule has 8 radical (unpaired) electrons. The summed E-state index contributed by atoms with van der Waals surface area (Å²) in [7, 11) is 18.5. The number of aliphatic hydroxyl groups is 1. The van der Waals surface area contributed by atoms with E-state index in [0.717, 1.165) is 4.57 Å². The molecule has 3 aromatic rings. The molecule has 0 spiro atoms. The number of hydrogen-bond donors (Lipinski definition) is 3. The van der Waals surface area contributed by atoms with Gasteiger partial charge in [-0.3, -0.25) is 13.9 Å². The minimum Gasteiger partial charge on any atom is -0.464 e. The Morgan fingerprint density at radius 1 is 1.19 bits per heavy atom. The number of halogens is 2. The van der Waals surface area contributed by atoms with Crippen molar-refractivity contribution in [3.63, 3.8) is 0 Å². The Morgan fingerprint density at radius 3 is 2.42 bits per heavy atom. The first kappa shape index (κ1) is 34.5. The van der Waals surface area contributed by atoms with Crippen LogP contribution in [0.5, 0.6) is 5.75 Å². The molecule has 43 heavy (non-hydrogen) atoms. The van der Waals surface area contributed by atoms with Crippen molar-refractivity contribution in [2.24, 2.45) is 5.92 Å². The van der Waals surface area contributed by atoms with E-state index in [2.05, 4.69) is 20.0 Å². The van der Waals surface area contributed by atoms with Crippen molar-refractivity contribution in [2.45, 2.75) is 44.3 Å². The Bertz CT molecular complexity index is 1470. The summed E-state index contributed by atoms with van der Waals surface area (Å²) in [6.07, 6.45) is -2.06. The molecule has 0 aliphatic heterocycles. The number of benzene rings is 1. The van der Waals surface area contributed by atoms with Gasteiger partial charge in [0, 0.05) is 5.59 Å². The minimum atomic E-state index is -4.93. The smallest absolute Gasteiger partial charge is 0.458 e. The van der Waals surface area contributed by atoms with E-state index in [9.17, 15) is 18.9 Å². The van der Waals surface area contributed by atoms with Crippen LogP contribution in [0.1, 0.15) is 27.0 Å². The highest BCUT2D eigenvalue weighted by Crippen LogP contribution is 2.50.